The molecule has 3 heterocycles. The molecule has 270 valence electrons. The highest BCUT2D eigenvalue weighted by molar-refractivity contribution is 5.90. The monoisotopic (exact) mass is 671 g/mol. The minimum absolute atomic E-state index is 0.0391. The molecule has 1 amide bonds. The van der Waals surface area contributed by atoms with Gasteiger partial charge in [-0.25, -0.2) is 4.98 Å². The normalized spacial score (nSPS) is 44.5. The number of aromatic amines is 1. The van der Waals surface area contributed by atoms with E-state index in [1.54, 1.807) is 31.1 Å². The van der Waals surface area contributed by atoms with E-state index in [2.05, 4.69) is 44.6 Å². The maximum absolute atomic E-state index is 13.0. The van der Waals surface area contributed by atoms with E-state index in [9.17, 15) is 20.1 Å². The van der Waals surface area contributed by atoms with E-state index in [-0.39, 0.29) is 51.6 Å². The van der Waals surface area contributed by atoms with E-state index in [1.807, 2.05) is 0 Å². The molecule has 12 unspecified atom stereocenters. The zero-order valence-corrected chi connectivity index (χ0v) is 30.3. The summed E-state index contributed by atoms with van der Waals surface area (Å²) in [4.78, 5) is 21.9. The molecule has 4 saturated carbocycles. The molecular weight excluding hydrogens is 610 g/mol. The molecule has 2 aliphatic heterocycles. The van der Waals surface area contributed by atoms with Crippen LogP contribution in [0, 0.1) is 45.3 Å². The first-order chi connectivity index (χ1) is 22.5. The van der Waals surface area contributed by atoms with Gasteiger partial charge in [0, 0.05) is 18.9 Å². The van der Waals surface area contributed by atoms with Crippen molar-refractivity contribution in [1.82, 2.24) is 14.9 Å². The number of fused-ring (bicyclic) bond motifs is 1. The highest BCUT2D eigenvalue weighted by atomic mass is 16.7. The van der Waals surface area contributed by atoms with Gasteiger partial charge < -0.3 is 39.4 Å². The standard InChI is InChI=1S/C38H61N3O7/c1-22-19-24(30(42)36(6,7)45)47-29-23(22)9-8-13-37-21-38(37)14-12-27(34(2,3)25(38)10-11-26(37)35(4,5)31(29)43)48-28-20-41(17-18-46-28)33(44)32-39-15-16-40-32/h15-16,22-31,42-43,45H,8-14,17-21H2,1-7H3,(H,39,40). The Balaban J connectivity index is 1.09. The molecule has 1 aromatic rings. The summed E-state index contributed by atoms with van der Waals surface area (Å²) in [5.74, 6) is 1.63. The summed E-state index contributed by atoms with van der Waals surface area (Å²) in [7, 11) is 0. The van der Waals surface area contributed by atoms with Crippen LogP contribution in [0.5, 0.6) is 0 Å². The number of H-pyrrole nitrogens is 1. The van der Waals surface area contributed by atoms with Crippen molar-refractivity contribution in [3.63, 3.8) is 0 Å². The van der Waals surface area contributed by atoms with E-state index < -0.39 is 30.2 Å². The van der Waals surface area contributed by atoms with Gasteiger partial charge >= 0.3 is 0 Å². The highest BCUT2D eigenvalue weighted by Gasteiger charge is 2.79. The van der Waals surface area contributed by atoms with Gasteiger partial charge in [0.2, 0.25) is 0 Å². The minimum Gasteiger partial charge on any atom is -0.390 e. The molecule has 10 nitrogen and oxygen atoms in total. The van der Waals surface area contributed by atoms with Crippen molar-refractivity contribution < 1.29 is 34.3 Å². The fourth-order valence-electron chi connectivity index (χ4n) is 12.3. The second-order valence-electron chi connectivity index (χ2n) is 18.4. The first kappa shape index (κ1) is 34.9. The number of rotatable bonds is 5. The van der Waals surface area contributed by atoms with Crippen molar-refractivity contribution in [1.29, 1.82) is 0 Å². The van der Waals surface area contributed by atoms with Gasteiger partial charge in [-0.15, -0.1) is 0 Å². The molecule has 12 atom stereocenters. The summed E-state index contributed by atoms with van der Waals surface area (Å²) in [6.45, 7) is 16.2. The number of aliphatic hydroxyl groups is 3. The van der Waals surface area contributed by atoms with Gasteiger partial charge in [0.15, 0.2) is 12.1 Å². The first-order valence-electron chi connectivity index (χ1n) is 18.8. The Morgan fingerprint density at radius 2 is 1.81 bits per heavy atom. The van der Waals surface area contributed by atoms with Crippen LogP contribution in [0.1, 0.15) is 117 Å². The Bertz CT molecular complexity index is 1330. The quantitative estimate of drug-likeness (QED) is 0.346. The Morgan fingerprint density at radius 1 is 1.10 bits per heavy atom. The minimum atomic E-state index is -1.27. The van der Waals surface area contributed by atoms with E-state index in [4.69, 9.17) is 14.2 Å². The fourth-order valence-corrected chi connectivity index (χ4v) is 12.3. The van der Waals surface area contributed by atoms with Gasteiger partial charge in [0.25, 0.3) is 5.91 Å². The molecule has 10 heteroatoms. The second-order valence-corrected chi connectivity index (χ2v) is 18.4. The number of aromatic nitrogens is 2. The molecule has 48 heavy (non-hydrogen) atoms. The van der Waals surface area contributed by atoms with Gasteiger partial charge in [-0.3, -0.25) is 4.79 Å². The van der Waals surface area contributed by atoms with Crippen molar-refractivity contribution in [3.8, 4) is 0 Å². The predicted octanol–water partition coefficient (Wildman–Crippen LogP) is 4.93. The summed E-state index contributed by atoms with van der Waals surface area (Å²) in [6, 6.07) is 0. The predicted molar refractivity (Wildman–Crippen MR) is 180 cm³/mol. The van der Waals surface area contributed by atoms with Crippen LogP contribution >= 0.6 is 0 Å². The summed E-state index contributed by atoms with van der Waals surface area (Å²) >= 11 is 0. The molecule has 2 saturated heterocycles. The lowest BCUT2D eigenvalue weighted by Crippen LogP contribution is -2.59. The van der Waals surface area contributed by atoms with E-state index in [1.165, 1.54) is 12.8 Å². The maximum Gasteiger partial charge on any atom is 0.289 e. The van der Waals surface area contributed by atoms with Gasteiger partial charge in [-0.05, 0) is 111 Å². The molecule has 4 aliphatic carbocycles. The van der Waals surface area contributed by atoms with Crippen molar-refractivity contribution in [3.05, 3.63) is 18.2 Å². The van der Waals surface area contributed by atoms with Crippen LogP contribution in [-0.2, 0) is 14.2 Å². The first-order valence-corrected chi connectivity index (χ1v) is 18.8. The molecule has 7 rings (SSSR count). The Labute approximate surface area is 286 Å². The average Bonchev–Trinajstić information content (AvgIpc) is 3.36. The fraction of sp³-hybridized carbons (Fsp3) is 0.895. The number of aliphatic hydroxyl groups excluding tert-OH is 2. The molecule has 0 aromatic carbocycles. The Kier molecular flexibility index (Phi) is 8.72. The zero-order chi connectivity index (χ0) is 34.4. The molecular formula is C38H61N3O7. The highest BCUT2D eigenvalue weighted by Crippen LogP contribution is 2.85. The van der Waals surface area contributed by atoms with Crippen LogP contribution < -0.4 is 0 Å². The number of morpholine rings is 1. The number of ether oxygens (including phenoxy) is 3. The lowest BCUT2D eigenvalue weighted by molar-refractivity contribution is -0.244. The van der Waals surface area contributed by atoms with Gasteiger partial charge in [0.1, 0.15) is 6.10 Å². The Hall–Kier alpha value is -1.56. The summed E-state index contributed by atoms with van der Waals surface area (Å²) in [5.41, 5.74) is -1.25. The van der Waals surface area contributed by atoms with Crippen LogP contribution in [0.25, 0.3) is 0 Å². The van der Waals surface area contributed by atoms with E-state index in [0.717, 1.165) is 38.5 Å². The van der Waals surface area contributed by atoms with Crippen molar-refractivity contribution in [2.24, 2.45) is 45.3 Å². The SMILES string of the molecule is CC1CC(C(O)C(C)(C)O)OC2C1CCCC13CC14CCC(OC1CN(C(=O)c5ncc[nH]5)CCO1)C(C)(C)C4CCC3C(C)(C)C2O. The van der Waals surface area contributed by atoms with Crippen LogP contribution in [0.2, 0.25) is 0 Å². The maximum atomic E-state index is 13.0. The number of amides is 1. The smallest absolute Gasteiger partial charge is 0.289 e. The van der Waals surface area contributed by atoms with E-state index in [0.29, 0.717) is 43.8 Å². The molecule has 1 aromatic heterocycles. The second kappa shape index (κ2) is 12.0. The number of hydrogen-bond donors (Lipinski definition) is 4. The lowest BCUT2D eigenvalue weighted by atomic mass is 9.48. The average molecular weight is 672 g/mol. The summed E-state index contributed by atoms with van der Waals surface area (Å²) in [5, 5.41) is 34.0. The molecule has 6 fully saturated rings. The van der Waals surface area contributed by atoms with Gasteiger partial charge in [-0.2, -0.15) is 0 Å². The topological polar surface area (TPSA) is 137 Å². The number of carbonyl (C=O) groups is 1. The van der Waals surface area contributed by atoms with Crippen molar-refractivity contribution in [2.45, 2.75) is 149 Å². The summed E-state index contributed by atoms with van der Waals surface area (Å²) in [6.07, 6.45) is 9.84. The zero-order valence-electron chi connectivity index (χ0n) is 30.3. The van der Waals surface area contributed by atoms with Crippen LogP contribution in [-0.4, -0.2) is 98.2 Å². The largest absolute Gasteiger partial charge is 0.390 e. The van der Waals surface area contributed by atoms with Gasteiger partial charge in [-0.1, -0.05) is 41.0 Å². The van der Waals surface area contributed by atoms with Crippen LogP contribution in [0.15, 0.2) is 12.4 Å². The third kappa shape index (κ3) is 5.42. The molecule has 2 spiro atoms. The number of imidazole rings is 1. The summed E-state index contributed by atoms with van der Waals surface area (Å²) < 4.78 is 19.6. The lowest BCUT2D eigenvalue weighted by Gasteiger charge is -2.58. The van der Waals surface area contributed by atoms with Gasteiger partial charge in [0.05, 0.1) is 43.2 Å². The number of nitrogens with one attached hydrogen (secondary N) is 1. The van der Waals surface area contributed by atoms with Crippen LogP contribution in [0.4, 0.5) is 0 Å². The molecule has 0 bridgehead atoms. The molecule has 4 N–H and O–H groups in total. The van der Waals surface area contributed by atoms with Crippen LogP contribution in [0.3, 0.4) is 0 Å². The number of hydrogen-bond acceptors (Lipinski definition) is 8. The molecule has 0 radical (unpaired) electrons. The number of carbonyl (C=O) groups excluding carboxylic acids is 1. The van der Waals surface area contributed by atoms with Crippen molar-refractivity contribution >= 4 is 5.91 Å². The third-order valence-corrected chi connectivity index (χ3v) is 14.8. The molecule has 6 aliphatic rings. The third-order valence-electron chi connectivity index (χ3n) is 14.8. The Morgan fingerprint density at radius 3 is 2.50 bits per heavy atom. The number of nitrogens with zero attached hydrogens (tertiary/aromatic N) is 2. The van der Waals surface area contributed by atoms with E-state index >= 15 is 0 Å². The van der Waals surface area contributed by atoms with Crippen molar-refractivity contribution in [2.75, 3.05) is 19.7 Å².